The molecule has 2 N–H and O–H groups in total. The Balaban J connectivity index is -0.000000229. The molecule has 0 radical (unpaired) electrons. The molecule has 0 bridgehead atoms. The maximum Gasteiger partial charge on any atom is 0.141 e. The highest BCUT2D eigenvalue weighted by atomic mass is 16.5. The van der Waals surface area contributed by atoms with Crippen LogP contribution in [0.25, 0.3) is 33.2 Å². The minimum absolute atomic E-state index is 0. The number of aromatic amines is 1. The van der Waals surface area contributed by atoms with Gasteiger partial charge in [0, 0.05) is 49.1 Å². The van der Waals surface area contributed by atoms with Crippen LogP contribution >= 0.6 is 0 Å². The first kappa shape index (κ1) is 34.6. The third-order valence-electron chi connectivity index (χ3n) is 5.24. The van der Waals surface area contributed by atoms with Crippen LogP contribution in [0.1, 0.15) is 32.6 Å². The SMILES string of the molecule is C#CC#CC#CC#CC#CC#CC#CC#CC.Cc1nn(C)cc1-c1cc(-c2c(C)noc2C)cc2cn[nH]c12.N=N/N=N/N=O.[HH].[HH].[HH].[HH].[HH].[HH]. The summed E-state index contributed by atoms with van der Waals surface area (Å²) >= 11 is 0. The minimum atomic E-state index is 0. The zero-order chi connectivity index (χ0) is 33.6. The van der Waals surface area contributed by atoms with Gasteiger partial charge in [-0.3, -0.25) is 9.78 Å². The lowest BCUT2D eigenvalue weighted by molar-refractivity contribution is 0.393. The molecule has 3 heterocycles. The summed E-state index contributed by atoms with van der Waals surface area (Å²) in [6.07, 6.45) is 8.75. The van der Waals surface area contributed by atoms with E-state index in [2.05, 4.69) is 137 Å². The first-order chi connectivity index (χ1) is 22.4. The normalized spacial score (nSPS) is 8.26. The molecule has 0 amide bonds. The number of hydrogen-bond donors (Lipinski definition) is 2. The van der Waals surface area contributed by atoms with E-state index in [1.165, 1.54) is 0 Å². The molecule has 12 heteroatoms. The molecule has 0 spiro atoms. The Morgan fingerprint density at radius 2 is 1.50 bits per heavy atom. The minimum Gasteiger partial charge on any atom is -0.361 e. The molecule has 0 atom stereocenters. The first-order valence-electron chi connectivity index (χ1n) is 12.7. The highest BCUT2D eigenvalue weighted by Crippen LogP contribution is 2.36. The average molecular weight is 615 g/mol. The summed E-state index contributed by atoms with van der Waals surface area (Å²) in [6, 6.07) is 4.26. The number of H-pyrrole nitrogens is 1. The van der Waals surface area contributed by atoms with E-state index in [9.17, 15) is 0 Å². The van der Waals surface area contributed by atoms with E-state index in [-0.39, 0.29) is 8.56 Å². The lowest BCUT2D eigenvalue weighted by Gasteiger charge is -2.07. The van der Waals surface area contributed by atoms with Gasteiger partial charge in [-0.25, -0.2) is 0 Å². The van der Waals surface area contributed by atoms with E-state index in [4.69, 9.17) is 21.4 Å². The monoisotopic (exact) mass is 614 g/mol. The van der Waals surface area contributed by atoms with Crippen LogP contribution < -0.4 is 0 Å². The second kappa shape index (κ2) is 19.5. The highest BCUT2D eigenvalue weighted by Gasteiger charge is 2.17. The summed E-state index contributed by atoms with van der Waals surface area (Å²) in [4.78, 5) is 8.91. The van der Waals surface area contributed by atoms with E-state index in [0.717, 1.165) is 50.3 Å². The van der Waals surface area contributed by atoms with Crippen molar-refractivity contribution >= 4 is 10.9 Å². The van der Waals surface area contributed by atoms with Crippen molar-refractivity contribution in [2.24, 2.45) is 28.0 Å². The number of nitrogens with zero attached hydrogens (tertiary/aromatic N) is 8. The molecular weight excluding hydrogens is 580 g/mol. The van der Waals surface area contributed by atoms with Crippen molar-refractivity contribution in [3.63, 3.8) is 0 Å². The summed E-state index contributed by atoms with van der Waals surface area (Å²) in [5, 5.41) is 26.1. The van der Waals surface area contributed by atoms with Crippen LogP contribution in [0, 0.1) is 126 Å². The Labute approximate surface area is 274 Å². The Morgan fingerprint density at radius 3 is 1.96 bits per heavy atom. The second-order valence-electron chi connectivity index (χ2n) is 8.24. The van der Waals surface area contributed by atoms with Crippen molar-refractivity contribution in [3.8, 4) is 117 Å². The van der Waals surface area contributed by atoms with Crippen LogP contribution in [-0.2, 0) is 7.05 Å². The van der Waals surface area contributed by atoms with Crippen molar-refractivity contribution in [2.75, 3.05) is 0 Å². The van der Waals surface area contributed by atoms with Gasteiger partial charge in [0.2, 0.25) is 0 Å². The van der Waals surface area contributed by atoms with E-state index < -0.39 is 0 Å². The number of nitroso groups, excluding NO2 is 1. The van der Waals surface area contributed by atoms with Crippen LogP contribution in [0.3, 0.4) is 0 Å². The molecule has 0 aliphatic heterocycles. The Morgan fingerprint density at radius 1 is 0.891 bits per heavy atom. The maximum absolute atomic E-state index is 8.91. The number of aromatic nitrogens is 5. The van der Waals surface area contributed by atoms with Crippen molar-refractivity contribution in [1.82, 2.24) is 25.1 Å². The number of nitrogens with one attached hydrogen (secondary N) is 2. The van der Waals surface area contributed by atoms with E-state index in [0.29, 0.717) is 0 Å². The van der Waals surface area contributed by atoms with Gasteiger partial charge < -0.3 is 4.52 Å². The van der Waals surface area contributed by atoms with Crippen LogP contribution in [0.5, 0.6) is 0 Å². The number of hydrogen-bond acceptors (Lipinski definition) is 6. The van der Waals surface area contributed by atoms with Gasteiger partial charge in [0.05, 0.1) is 23.1 Å². The van der Waals surface area contributed by atoms with Crippen molar-refractivity contribution < 1.29 is 13.1 Å². The molecule has 46 heavy (non-hydrogen) atoms. The first-order valence-corrected chi connectivity index (χ1v) is 12.7. The summed E-state index contributed by atoms with van der Waals surface area (Å²) < 4.78 is 7.16. The van der Waals surface area contributed by atoms with Gasteiger partial charge in [-0.1, -0.05) is 11.1 Å². The number of aryl methyl sites for hydroxylation is 4. The average Bonchev–Trinajstić information content (AvgIpc) is 3.76. The predicted octanol–water partition coefficient (Wildman–Crippen LogP) is 6.75. The Hall–Kier alpha value is -7.61. The maximum atomic E-state index is 8.91. The second-order valence-corrected chi connectivity index (χ2v) is 8.24. The zero-order valence-corrected chi connectivity index (χ0v) is 25.3. The predicted molar refractivity (Wildman–Crippen MR) is 185 cm³/mol. The number of fused-ring (bicyclic) bond motifs is 1. The molecule has 0 aliphatic carbocycles. The van der Waals surface area contributed by atoms with Gasteiger partial charge >= 0.3 is 0 Å². The van der Waals surface area contributed by atoms with Crippen molar-refractivity contribution in [2.45, 2.75) is 27.7 Å². The quantitative estimate of drug-likeness (QED) is 0.112. The topological polar surface area (TPSA) is 163 Å². The molecular formula is C34H34N10O2. The molecule has 12 nitrogen and oxygen atoms in total. The highest BCUT2D eigenvalue weighted by molar-refractivity contribution is 5.98. The van der Waals surface area contributed by atoms with E-state index in [1.54, 1.807) is 6.92 Å². The Kier molecular flexibility index (Phi) is 14.7. The fourth-order valence-corrected chi connectivity index (χ4v) is 3.65. The standard InChI is InChI=1S/C17H17N5O.C17H4.HN5O.6H2/c1-9-15(8-22(4)20-9)14-6-12(5-13-7-18-19-17(13)14)16-10(2)21-23-11(16)3;1-3-5-7-9-11-13-15-17-16-14-12-10-8-6-4-2;1-2-3-4-5-6;;;;;;/h5-8H,1-4H3,(H,18,19);1H,2H3;1H;6*1H/b;;2-1?,4-3+;;;;;;. The van der Waals surface area contributed by atoms with Gasteiger partial charge in [-0.15, -0.1) is 11.3 Å². The smallest absolute Gasteiger partial charge is 0.141 e. The van der Waals surface area contributed by atoms with Gasteiger partial charge in [-0.2, -0.15) is 15.7 Å². The molecule has 4 rings (SSSR count). The van der Waals surface area contributed by atoms with E-state index in [1.807, 2.05) is 50.2 Å². The summed E-state index contributed by atoms with van der Waals surface area (Å²) in [7, 11) is 1.93. The summed E-state index contributed by atoms with van der Waals surface area (Å²) in [6.45, 7) is 7.61. The number of rotatable bonds is 4. The molecule has 0 unspecified atom stereocenters. The van der Waals surface area contributed by atoms with Crippen molar-refractivity contribution in [1.29, 1.82) is 5.53 Å². The molecule has 232 valence electrons. The Bertz CT molecular complexity index is 2260. The lowest BCUT2D eigenvalue weighted by atomic mass is 9.96. The third-order valence-corrected chi connectivity index (χ3v) is 5.24. The van der Waals surface area contributed by atoms with Gasteiger partial charge in [0.1, 0.15) is 11.0 Å². The largest absolute Gasteiger partial charge is 0.361 e. The molecule has 0 saturated carbocycles. The zero-order valence-electron chi connectivity index (χ0n) is 25.3. The lowest BCUT2D eigenvalue weighted by Crippen LogP contribution is -1.87. The summed E-state index contributed by atoms with van der Waals surface area (Å²) in [5.41, 5.74) is 13.0. The van der Waals surface area contributed by atoms with Crippen LogP contribution in [0.2, 0.25) is 0 Å². The van der Waals surface area contributed by atoms with Gasteiger partial charge in [-0.05, 0) is 139 Å². The summed E-state index contributed by atoms with van der Waals surface area (Å²) in [5.74, 6) is 37.7. The number of benzene rings is 1. The van der Waals surface area contributed by atoms with Crippen LogP contribution in [0.15, 0.2) is 50.0 Å². The molecule has 0 aliphatic rings. The van der Waals surface area contributed by atoms with Gasteiger partial charge in [0.25, 0.3) is 0 Å². The van der Waals surface area contributed by atoms with Gasteiger partial charge in [0.15, 0.2) is 0 Å². The van der Waals surface area contributed by atoms with E-state index >= 15 is 0 Å². The number of terminal acetylenes is 1. The molecule has 3 aromatic heterocycles. The van der Waals surface area contributed by atoms with Crippen molar-refractivity contribution in [3.05, 3.63) is 46.6 Å². The molecule has 1 aromatic carbocycles. The molecule has 0 saturated heterocycles. The fourth-order valence-electron chi connectivity index (χ4n) is 3.65. The molecule has 0 fully saturated rings. The van der Waals surface area contributed by atoms with Crippen LogP contribution in [0.4, 0.5) is 0 Å². The van der Waals surface area contributed by atoms with Crippen LogP contribution in [-0.4, -0.2) is 25.1 Å². The molecule has 4 aromatic rings. The third kappa shape index (κ3) is 11.0. The fraction of sp³-hybridized carbons (Fsp3) is 0.147.